The number of amides is 1. The molecule has 0 fully saturated rings. The number of hydrogen-bond acceptors (Lipinski definition) is 5. The van der Waals surface area contributed by atoms with Crippen molar-refractivity contribution < 1.29 is 4.79 Å². The summed E-state index contributed by atoms with van der Waals surface area (Å²) in [7, 11) is 4.12. The van der Waals surface area contributed by atoms with Gasteiger partial charge in [0.25, 0.3) is 0 Å². The molecule has 2 aromatic carbocycles. The number of aryl methyl sites for hydroxylation is 2. The third-order valence-electron chi connectivity index (χ3n) is 5.83. The molecule has 0 aliphatic carbocycles. The van der Waals surface area contributed by atoms with Gasteiger partial charge in [0, 0.05) is 5.69 Å². The Hall–Kier alpha value is -2.64. The molecule has 0 aliphatic heterocycles. The van der Waals surface area contributed by atoms with Gasteiger partial charge < -0.3 is 9.88 Å². The summed E-state index contributed by atoms with van der Waals surface area (Å²) in [5.74, 6) is 1.19. The van der Waals surface area contributed by atoms with Gasteiger partial charge in [-0.1, -0.05) is 81.1 Å². The zero-order valence-electron chi connectivity index (χ0n) is 20.3. The molecule has 1 heterocycles. The van der Waals surface area contributed by atoms with E-state index in [1.807, 2.05) is 18.2 Å². The fraction of sp³-hybridized carbons (Fsp3) is 0.423. The average Bonchev–Trinajstić information content (AvgIpc) is 3.20. The van der Waals surface area contributed by atoms with Gasteiger partial charge in [-0.3, -0.25) is 9.69 Å². The standard InChI is InChI=1S/C26H35N5OS/c1-6-20-15-12-16-21(7-2)24(20)27-23(32)18-33-26-29-28-25(22(8-3)30(4)5)31(26)17-19-13-10-9-11-14-19/h9-16,22H,6-8,17-18H2,1-5H3,(H,27,32). The van der Waals surface area contributed by atoms with E-state index in [1.54, 1.807) is 0 Å². The minimum absolute atomic E-state index is 0.0222. The molecule has 0 spiro atoms. The monoisotopic (exact) mass is 465 g/mol. The molecule has 0 saturated heterocycles. The van der Waals surface area contributed by atoms with Crippen molar-refractivity contribution in [3.05, 3.63) is 71.0 Å². The number of anilines is 1. The number of para-hydroxylation sites is 1. The number of thioether (sulfide) groups is 1. The summed E-state index contributed by atoms with van der Waals surface area (Å²) in [6, 6.07) is 16.7. The van der Waals surface area contributed by atoms with Gasteiger partial charge in [-0.05, 0) is 50.0 Å². The van der Waals surface area contributed by atoms with Crippen LogP contribution in [0.5, 0.6) is 0 Å². The molecule has 1 atom stereocenters. The van der Waals surface area contributed by atoms with Gasteiger partial charge in [0.05, 0.1) is 18.3 Å². The zero-order chi connectivity index (χ0) is 23.8. The van der Waals surface area contributed by atoms with E-state index in [0.29, 0.717) is 6.54 Å². The summed E-state index contributed by atoms with van der Waals surface area (Å²) in [6.45, 7) is 7.06. The molecular formula is C26H35N5OS. The fourth-order valence-corrected chi connectivity index (χ4v) is 4.80. The summed E-state index contributed by atoms with van der Waals surface area (Å²) >= 11 is 1.44. The molecule has 3 aromatic rings. The van der Waals surface area contributed by atoms with Crippen molar-refractivity contribution in [3.8, 4) is 0 Å². The molecule has 1 N–H and O–H groups in total. The van der Waals surface area contributed by atoms with Crippen LogP contribution in [0, 0.1) is 0 Å². The largest absolute Gasteiger partial charge is 0.325 e. The Kier molecular flexibility index (Phi) is 9.09. The Bertz CT molecular complexity index is 1030. The van der Waals surface area contributed by atoms with Crippen molar-refractivity contribution in [1.82, 2.24) is 19.7 Å². The van der Waals surface area contributed by atoms with Gasteiger partial charge in [-0.25, -0.2) is 0 Å². The Morgan fingerprint density at radius 3 is 2.24 bits per heavy atom. The van der Waals surface area contributed by atoms with Crippen molar-refractivity contribution in [2.24, 2.45) is 0 Å². The van der Waals surface area contributed by atoms with E-state index in [1.165, 1.54) is 28.5 Å². The van der Waals surface area contributed by atoms with Crippen LogP contribution in [-0.4, -0.2) is 45.4 Å². The molecule has 33 heavy (non-hydrogen) atoms. The van der Waals surface area contributed by atoms with E-state index >= 15 is 0 Å². The van der Waals surface area contributed by atoms with E-state index in [0.717, 1.165) is 35.9 Å². The lowest BCUT2D eigenvalue weighted by atomic mass is 10.0. The first-order chi connectivity index (χ1) is 16.0. The van der Waals surface area contributed by atoms with Crippen molar-refractivity contribution >= 4 is 23.4 Å². The number of aromatic nitrogens is 3. The Morgan fingerprint density at radius 1 is 1.00 bits per heavy atom. The number of benzene rings is 2. The Balaban J connectivity index is 1.81. The van der Waals surface area contributed by atoms with E-state index < -0.39 is 0 Å². The first-order valence-electron chi connectivity index (χ1n) is 11.6. The first kappa shape index (κ1) is 25.0. The maximum Gasteiger partial charge on any atom is 0.234 e. The molecule has 1 unspecified atom stereocenters. The van der Waals surface area contributed by atoms with Gasteiger partial charge in [-0.2, -0.15) is 0 Å². The average molecular weight is 466 g/mol. The van der Waals surface area contributed by atoms with Crippen LogP contribution in [0.2, 0.25) is 0 Å². The molecule has 0 aliphatic rings. The molecule has 0 bridgehead atoms. The predicted octanol–water partition coefficient (Wildman–Crippen LogP) is 5.19. The minimum Gasteiger partial charge on any atom is -0.325 e. The molecule has 176 valence electrons. The van der Waals surface area contributed by atoms with Crippen molar-refractivity contribution in [2.75, 3.05) is 25.2 Å². The van der Waals surface area contributed by atoms with Gasteiger partial charge in [-0.15, -0.1) is 10.2 Å². The molecule has 3 rings (SSSR count). The maximum absolute atomic E-state index is 12.9. The first-order valence-corrected chi connectivity index (χ1v) is 12.6. The van der Waals surface area contributed by atoms with Gasteiger partial charge in [0.15, 0.2) is 11.0 Å². The molecular weight excluding hydrogens is 430 g/mol. The normalized spacial score (nSPS) is 12.2. The second-order valence-electron chi connectivity index (χ2n) is 8.30. The topological polar surface area (TPSA) is 63.1 Å². The number of nitrogens with zero attached hydrogens (tertiary/aromatic N) is 4. The van der Waals surface area contributed by atoms with Crippen LogP contribution in [0.25, 0.3) is 0 Å². The van der Waals surface area contributed by atoms with Crippen LogP contribution >= 0.6 is 11.8 Å². The zero-order valence-corrected chi connectivity index (χ0v) is 21.2. The van der Waals surface area contributed by atoms with E-state index in [2.05, 4.69) is 90.2 Å². The second-order valence-corrected chi connectivity index (χ2v) is 9.24. The van der Waals surface area contributed by atoms with Crippen LogP contribution in [0.4, 0.5) is 5.69 Å². The van der Waals surface area contributed by atoms with Crippen LogP contribution in [0.3, 0.4) is 0 Å². The van der Waals surface area contributed by atoms with E-state index in [9.17, 15) is 4.79 Å². The number of carbonyl (C=O) groups is 1. The van der Waals surface area contributed by atoms with E-state index in [-0.39, 0.29) is 17.7 Å². The van der Waals surface area contributed by atoms with E-state index in [4.69, 9.17) is 0 Å². The van der Waals surface area contributed by atoms with Gasteiger partial charge >= 0.3 is 0 Å². The van der Waals surface area contributed by atoms with Gasteiger partial charge in [0.2, 0.25) is 5.91 Å². The summed E-state index contributed by atoms with van der Waals surface area (Å²) in [4.78, 5) is 15.1. The highest BCUT2D eigenvalue weighted by molar-refractivity contribution is 7.99. The minimum atomic E-state index is -0.0222. The fourth-order valence-electron chi connectivity index (χ4n) is 4.06. The molecule has 1 amide bonds. The lowest BCUT2D eigenvalue weighted by Crippen LogP contribution is -2.23. The van der Waals surface area contributed by atoms with Gasteiger partial charge in [0.1, 0.15) is 0 Å². The quantitative estimate of drug-likeness (QED) is 0.395. The van der Waals surface area contributed by atoms with Crippen LogP contribution in [0.1, 0.15) is 55.7 Å². The summed E-state index contributed by atoms with van der Waals surface area (Å²) in [5, 5.41) is 12.9. The molecule has 6 nitrogen and oxygen atoms in total. The third kappa shape index (κ3) is 6.24. The number of hydrogen-bond donors (Lipinski definition) is 1. The summed E-state index contributed by atoms with van der Waals surface area (Å²) < 4.78 is 2.15. The highest BCUT2D eigenvalue weighted by Gasteiger charge is 2.23. The number of nitrogens with one attached hydrogen (secondary N) is 1. The number of rotatable bonds is 11. The van der Waals surface area contributed by atoms with Crippen LogP contribution in [0.15, 0.2) is 53.7 Å². The van der Waals surface area contributed by atoms with Crippen LogP contribution in [-0.2, 0) is 24.2 Å². The smallest absolute Gasteiger partial charge is 0.234 e. The van der Waals surface area contributed by atoms with Crippen molar-refractivity contribution in [3.63, 3.8) is 0 Å². The van der Waals surface area contributed by atoms with Crippen LogP contribution < -0.4 is 5.32 Å². The number of carbonyl (C=O) groups excluding carboxylic acids is 1. The maximum atomic E-state index is 12.9. The van der Waals surface area contributed by atoms with Crippen molar-refractivity contribution in [2.45, 2.75) is 57.8 Å². The Labute approximate surface area is 201 Å². The summed E-state index contributed by atoms with van der Waals surface area (Å²) in [6.07, 6.45) is 2.70. The second kappa shape index (κ2) is 12.0. The van der Waals surface area contributed by atoms with Crippen molar-refractivity contribution in [1.29, 1.82) is 0 Å². The lowest BCUT2D eigenvalue weighted by molar-refractivity contribution is -0.113. The molecule has 7 heteroatoms. The Morgan fingerprint density at radius 2 is 1.67 bits per heavy atom. The summed E-state index contributed by atoms with van der Waals surface area (Å²) in [5.41, 5.74) is 4.47. The highest BCUT2D eigenvalue weighted by Crippen LogP contribution is 2.27. The highest BCUT2D eigenvalue weighted by atomic mass is 32.2. The molecule has 1 aromatic heterocycles. The molecule has 0 saturated carbocycles. The lowest BCUT2D eigenvalue weighted by Gasteiger charge is -2.23. The third-order valence-corrected chi connectivity index (χ3v) is 6.80. The SMILES string of the molecule is CCc1cccc(CC)c1NC(=O)CSc1nnc(C(CC)N(C)C)n1Cc1ccccc1. The predicted molar refractivity (Wildman–Crippen MR) is 137 cm³/mol. The molecule has 0 radical (unpaired) electrons.